The number of amides is 2. The minimum atomic E-state index is -0.232. The molecule has 0 bridgehead atoms. The molecule has 0 radical (unpaired) electrons. The van der Waals surface area contributed by atoms with Crippen LogP contribution in [0.25, 0.3) is 0 Å². The Morgan fingerprint density at radius 2 is 1.66 bits per heavy atom. The third-order valence-electron chi connectivity index (χ3n) is 4.58. The quantitative estimate of drug-likeness (QED) is 0.566. The number of ether oxygens (including phenoxy) is 2. The predicted octanol–water partition coefficient (Wildman–Crippen LogP) is 5.04. The molecule has 3 aromatic rings. The number of hydrogen-bond acceptors (Lipinski definition) is 3. The molecule has 3 aromatic carbocycles. The van der Waals surface area contributed by atoms with Gasteiger partial charge >= 0.3 is 6.03 Å². The van der Waals surface area contributed by atoms with E-state index in [0.29, 0.717) is 19.8 Å². The molecule has 0 heterocycles. The second-order valence-corrected chi connectivity index (χ2v) is 6.78. The van der Waals surface area contributed by atoms with Crippen molar-refractivity contribution in [3.8, 4) is 5.75 Å². The van der Waals surface area contributed by atoms with Crippen LogP contribution in [-0.2, 0) is 24.5 Å². The Balaban J connectivity index is 1.47. The maximum Gasteiger partial charge on any atom is 0.319 e. The van der Waals surface area contributed by atoms with Gasteiger partial charge in [-0.1, -0.05) is 48.5 Å². The van der Waals surface area contributed by atoms with Crippen molar-refractivity contribution in [3.05, 3.63) is 95.1 Å². The topological polar surface area (TPSA) is 59.6 Å². The lowest BCUT2D eigenvalue weighted by molar-refractivity contribution is 0.107. The fourth-order valence-corrected chi connectivity index (χ4v) is 2.91. The maximum atomic E-state index is 12.2. The molecule has 0 spiro atoms. The maximum absolute atomic E-state index is 12.2. The Hall–Kier alpha value is -3.31. The van der Waals surface area contributed by atoms with Crippen molar-refractivity contribution in [2.75, 3.05) is 12.4 Å². The van der Waals surface area contributed by atoms with E-state index in [4.69, 9.17) is 9.47 Å². The summed E-state index contributed by atoms with van der Waals surface area (Å²) >= 11 is 0. The summed E-state index contributed by atoms with van der Waals surface area (Å²) in [5.74, 6) is 0.827. The Bertz CT molecular complexity index is 939. The molecule has 3 rings (SSSR count). The van der Waals surface area contributed by atoms with E-state index in [-0.39, 0.29) is 6.03 Å². The highest BCUT2D eigenvalue weighted by molar-refractivity contribution is 5.89. The van der Waals surface area contributed by atoms with Crippen LogP contribution in [-0.4, -0.2) is 13.1 Å². The van der Waals surface area contributed by atoms with Crippen LogP contribution in [0.5, 0.6) is 5.75 Å². The molecule has 2 amide bonds. The summed E-state index contributed by atoms with van der Waals surface area (Å²) in [6.07, 6.45) is 0. The van der Waals surface area contributed by atoms with E-state index in [1.165, 1.54) is 0 Å². The van der Waals surface area contributed by atoms with Gasteiger partial charge in [-0.25, -0.2) is 4.79 Å². The van der Waals surface area contributed by atoms with Crippen LogP contribution in [0.1, 0.15) is 22.3 Å². The number of rotatable bonds is 8. The average Bonchev–Trinajstić information content (AvgIpc) is 2.74. The third-order valence-corrected chi connectivity index (χ3v) is 4.58. The zero-order valence-corrected chi connectivity index (χ0v) is 16.8. The first-order valence-electron chi connectivity index (χ1n) is 9.53. The molecule has 0 aliphatic rings. The lowest BCUT2D eigenvalue weighted by Crippen LogP contribution is -2.28. The van der Waals surface area contributed by atoms with Crippen LogP contribution in [0, 0.1) is 6.92 Å². The molecule has 0 unspecified atom stereocenters. The number of methoxy groups -OCH3 is 1. The lowest BCUT2D eigenvalue weighted by atomic mass is 10.1. The van der Waals surface area contributed by atoms with Crippen molar-refractivity contribution in [3.63, 3.8) is 0 Å². The largest absolute Gasteiger partial charge is 0.497 e. The van der Waals surface area contributed by atoms with E-state index in [1.54, 1.807) is 7.11 Å². The molecule has 0 saturated carbocycles. The molecular formula is C24H26N2O3. The zero-order valence-electron chi connectivity index (χ0n) is 16.8. The van der Waals surface area contributed by atoms with Gasteiger partial charge < -0.3 is 20.1 Å². The molecule has 0 aliphatic heterocycles. The molecule has 0 atom stereocenters. The third kappa shape index (κ3) is 6.36. The number of carbonyl (C=O) groups is 1. The monoisotopic (exact) mass is 390 g/mol. The van der Waals surface area contributed by atoms with Crippen molar-refractivity contribution in [1.82, 2.24) is 5.32 Å². The van der Waals surface area contributed by atoms with Gasteiger partial charge in [-0.15, -0.1) is 0 Å². The van der Waals surface area contributed by atoms with Crippen LogP contribution in [0.2, 0.25) is 0 Å². The van der Waals surface area contributed by atoms with Gasteiger partial charge in [0.15, 0.2) is 0 Å². The molecule has 0 aliphatic carbocycles. The molecular weight excluding hydrogens is 364 g/mol. The summed E-state index contributed by atoms with van der Waals surface area (Å²) in [5, 5.41) is 5.76. The number of benzene rings is 3. The fourth-order valence-electron chi connectivity index (χ4n) is 2.91. The molecule has 0 saturated heterocycles. The Morgan fingerprint density at radius 3 is 2.41 bits per heavy atom. The second kappa shape index (κ2) is 10.3. The van der Waals surface area contributed by atoms with Gasteiger partial charge in [0.25, 0.3) is 0 Å². The number of nitrogens with one attached hydrogen (secondary N) is 2. The smallest absolute Gasteiger partial charge is 0.319 e. The van der Waals surface area contributed by atoms with Gasteiger partial charge in [-0.05, 0) is 53.4 Å². The highest BCUT2D eigenvalue weighted by Gasteiger charge is 2.04. The number of aryl methyl sites for hydroxylation is 1. The second-order valence-electron chi connectivity index (χ2n) is 6.78. The standard InChI is InChI=1S/C24H26N2O3/c1-18-6-3-4-8-21(18)15-25-24(27)26-22-9-5-7-20(14-22)17-29-16-19-10-12-23(28-2)13-11-19/h3-14H,15-17H2,1-2H3,(H2,25,26,27). The summed E-state index contributed by atoms with van der Waals surface area (Å²) in [6, 6.07) is 23.2. The average molecular weight is 390 g/mol. The van der Waals surface area contributed by atoms with Crippen LogP contribution in [0.4, 0.5) is 10.5 Å². The van der Waals surface area contributed by atoms with Gasteiger partial charge in [0.05, 0.1) is 20.3 Å². The Labute approximate surface area is 171 Å². The normalized spacial score (nSPS) is 10.4. The van der Waals surface area contributed by atoms with Gasteiger partial charge in [-0.2, -0.15) is 0 Å². The van der Waals surface area contributed by atoms with Gasteiger partial charge in [0.2, 0.25) is 0 Å². The SMILES string of the molecule is COc1ccc(COCc2cccc(NC(=O)NCc3ccccc3C)c2)cc1. The highest BCUT2D eigenvalue weighted by atomic mass is 16.5. The zero-order chi connectivity index (χ0) is 20.5. The molecule has 5 heteroatoms. The predicted molar refractivity (Wildman–Crippen MR) is 115 cm³/mol. The fraction of sp³-hybridized carbons (Fsp3) is 0.208. The molecule has 5 nitrogen and oxygen atoms in total. The van der Waals surface area contributed by atoms with Crippen molar-refractivity contribution in [2.45, 2.75) is 26.7 Å². The van der Waals surface area contributed by atoms with Crippen molar-refractivity contribution in [2.24, 2.45) is 0 Å². The number of carbonyl (C=O) groups excluding carboxylic acids is 1. The van der Waals surface area contributed by atoms with Crippen LogP contribution < -0.4 is 15.4 Å². The Morgan fingerprint density at radius 1 is 0.897 bits per heavy atom. The Kier molecular flexibility index (Phi) is 7.25. The molecule has 150 valence electrons. The summed E-state index contributed by atoms with van der Waals surface area (Å²) < 4.78 is 10.9. The van der Waals surface area contributed by atoms with Crippen LogP contribution in [0.3, 0.4) is 0 Å². The van der Waals surface area contributed by atoms with Gasteiger partial charge in [0.1, 0.15) is 5.75 Å². The first-order chi connectivity index (χ1) is 14.1. The summed E-state index contributed by atoms with van der Waals surface area (Å²) in [4.78, 5) is 12.2. The summed E-state index contributed by atoms with van der Waals surface area (Å²) in [6.45, 7) is 3.50. The first-order valence-corrected chi connectivity index (χ1v) is 9.53. The van der Waals surface area contributed by atoms with Crippen LogP contribution >= 0.6 is 0 Å². The van der Waals surface area contributed by atoms with E-state index in [1.807, 2.05) is 79.7 Å². The van der Waals surface area contributed by atoms with E-state index >= 15 is 0 Å². The molecule has 29 heavy (non-hydrogen) atoms. The minimum absolute atomic E-state index is 0.232. The van der Waals surface area contributed by atoms with Crippen molar-refractivity contribution in [1.29, 1.82) is 0 Å². The summed E-state index contributed by atoms with van der Waals surface area (Å²) in [5.41, 5.74) is 5.07. The van der Waals surface area contributed by atoms with Crippen molar-refractivity contribution >= 4 is 11.7 Å². The first kappa shape index (κ1) is 20.4. The molecule has 0 fully saturated rings. The lowest BCUT2D eigenvalue weighted by Gasteiger charge is -2.11. The number of anilines is 1. The highest BCUT2D eigenvalue weighted by Crippen LogP contribution is 2.15. The number of urea groups is 1. The molecule has 2 N–H and O–H groups in total. The van der Waals surface area contributed by atoms with E-state index in [9.17, 15) is 4.79 Å². The van der Waals surface area contributed by atoms with E-state index in [0.717, 1.165) is 33.7 Å². The van der Waals surface area contributed by atoms with Gasteiger partial charge in [-0.3, -0.25) is 0 Å². The van der Waals surface area contributed by atoms with Crippen molar-refractivity contribution < 1.29 is 14.3 Å². The van der Waals surface area contributed by atoms with E-state index in [2.05, 4.69) is 10.6 Å². The summed E-state index contributed by atoms with van der Waals surface area (Å²) in [7, 11) is 1.65. The number of hydrogen-bond donors (Lipinski definition) is 2. The van der Waals surface area contributed by atoms with Crippen LogP contribution in [0.15, 0.2) is 72.8 Å². The molecule has 0 aromatic heterocycles. The van der Waals surface area contributed by atoms with E-state index < -0.39 is 0 Å². The minimum Gasteiger partial charge on any atom is -0.497 e. The van der Waals surface area contributed by atoms with Gasteiger partial charge in [0, 0.05) is 12.2 Å².